The molecule has 0 bridgehead atoms. The van der Waals surface area contributed by atoms with E-state index in [4.69, 9.17) is 0 Å². The quantitative estimate of drug-likeness (QED) is 0.159. The summed E-state index contributed by atoms with van der Waals surface area (Å²) < 4.78 is 59.1. The average Bonchev–Trinajstić information content (AvgIpc) is 3.32. The first-order chi connectivity index (χ1) is 15.9. The Labute approximate surface area is 196 Å². The lowest BCUT2D eigenvalue weighted by Gasteiger charge is -2.10. The van der Waals surface area contributed by atoms with Gasteiger partial charge in [0.25, 0.3) is 0 Å². The zero-order chi connectivity index (χ0) is 23.7. The number of fused-ring (bicyclic) bond motifs is 1. The molecule has 2 aromatic carbocycles. The number of carbonyl (C=O) groups excluding carboxylic acids is 1. The fraction of sp³-hybridized carbons (Fsp3) is 0.192. The molecule has 33 heavy (non-hydrogen) atoms. The Kier molecular flexibility index (Phi) is 6.68. The Balaban J connectivity index is 1.69. The normalized spacial score (nSPS) is 11.0. The summed E-state index contributed by atoms with van der Waals surface area (Å²) in [6.07, 6.45) is 1.88. The van der Waals surface area contributed by atoms with Crippen molar-refractivity contribution in [2.24, 2.45) is 0 Å². The molecular weight excluding hydrogens is 468 g/mol. The van der Waals surface area contributed by atoms with Crippen molar-refractivity contribution in [2.75, 3.05) is 0 Å². The minimum atomic E-state index is -0.896. The van der Waals surface area contributed by atoms with Crippen LogP contribution in [0.3, 0.4) is 0 Å². The maximum atomic E-state index is 14.6. The number of carbonyl (C=O) groups is 1. The largest absolute Gasteiger partial charge is 0.298 e. The zero-order valence-electron chi connectivity index (χ0n) is 17.8. The second-order valence-corrected chi connectivity index (χ2v) is 9.64. The van der Waals surface area contributed by atoms with E-state index in [1.165, 1.54) is 40.9 Å². The predicted molar refractivity (Wildman–Crippen MR) is 126 cm³/mol. The molecule has 0 aliphatic carbocycles. The fourth-order valence-electron chi connectivity index (χ4n) is 3.68. The zero-order valence-corrected chi connectivity index (χ0v) is 19.5. The topological polar surface area (TPSA) is 17.1 Å². The van der Waals surface area contributed by atoms with Crippen molar-refractivity contribution in [1.29, 1.82) is 0 Å². The van der Waals surface area contributed by atoms with Crippen LogP contribution in [0, 0.1) is 35.1 Å². The lowest BCUT2D eigenvalue weighted by atomic mass is 9.99. The summed E-state index contributed by atoms with van der Waals surface area (Å²) in [6.45, 7) is 3.68. The molecule has 1 nitrogen and oxygen atoms in total. The molecule has 0 saturated carbocycles. The van der Waals surface area contributed by atoms with Gasteiger partial charge in [0.15, 0.2) is 6.29 Å². The third-order valence-corrected chi connectivity index (χ3v) is 7.49. The number of rotatable bonds is 5. The second kappa shape index (κ2) is 9.50. The van der Waals surface area contributed by atoms with Gasteiger partial charge in [-0.1, -0.05) is 32.1 Å². The third-order valence-electron chi connectivity index (χ3n) is 5.25. The van der Waals surface area contributed by atoms with Crippen LogP contribution in [0.1, 0.15) is 52.2 Å². The summed E-state index contributed by atoms with van der Waals surface area (Å²) in [5.74, 6) is 2.33. The minimum Gasteiger partial charge on any atom is -0.298 e. The first-order valence-corrected chi connectivity index (χ1v) is 12.0. The van der Waals surface area contributed by atoms with Crippen LogP contribution in [0.25, 0.3) is 19.8 Å². The molecule has 0 N–H and O–H groups in total. The Morgan fingerprint density at radius 2 is 1.58 bits per heavy atom. The Hall–Kier alpha value is -2.95. The van der Waals surface area contributed by atoms with Gasteiger partial charge in [-0.2, -0.15) is 0 Å². The van der Waals surface area contributed by atoms with E-state index in [-0.39, 0.29) is 17.4 Å². The van der Waals surface area contributed by atoms with Gasteiger partial charge in [0.2, 0.25) is 0 Å². The van der Waals surface area contributed by atoms with Crippen LogP contribution in [-0.2, 0) is 12.8 Å². The van der Waals surface area contributed by atoms with Crippen LogP contribution in [0.5, 0.6) is 0 Å². The van der Waals surface area contributed by atoms with Crippen molar-refractivity contribution in [2.45, 2.75) is 33.1 Å². The molecule has 0 radical (unpaired) electrons. The molecule has 0 saturated heterocycles. The highest BCUT2D eigenvalue weighted by Gasteiger charge is 2.20. The SMILES string of the molecule is CCCc1cc(F)c(C#Cc2cc3sc(-c4cc(F)c(C=O)c(F)c4CC)cc3s2)c(F)c1. The fourth-order valence-corrected chi connectivity index (χ4v) is 5.98. The monoisotopic (exact) mass is 486 g/mol. The van der Waals surface area contributed by atoms with E-state index in [1.807, 2.05) is 13.0 Å². The van der Waals surface area contributed by atoms with E-state index in [2.05, 4.69) is 11.8 Å². The van der Waals surface area contributed by atoms with Gasteiger partial charge in [0.1, 0.15) is 23.3 Å². The molecule has 0 atom stereocenters. The molecule has 168 valence electrons. The standard InChI is InChI=1S/C26H18F4OS2/c1-3-5-14-8-20(27)17(21(28)9-14)7-6-15-10-24-25(32-15)12-23(33-24)18-11-22(29)19(13-31)26(30)16(18)4-2/h8-13H,3-5H2,1-2H3. The lowest BCUT2D eigenvalue weighted by molar-refractivity contribution is 0.111. The van der Waals surface area contributed by atoms with Gasteiger partial charge in [-0.25, -0.2) is 17.6 Å². The molecule has 0 amide bonds. The number of hydrogen-bond donors (Lipinski definition) is 0. The van der Waals surface area contributed by atoms with Gasteiger partial charge in [-0.05, 0) is 54.3 Å². The smallest absolute Gasteiger partial charge is 0.155 e. The Morgan fingerprint density at radius 1 is 0.879 bits per heavy atom. The van der Waals surface area contributed by atoms with Gasteiger partial charge < -0.3 is 0 Å². The number of benzene rings is 2. The molecule has 0 fully saturated rings. The van der Waals surface area contributed by atoms with Crippen molar-refractivity contribution in [3.05, 3.63) is 80.7 Å². The van der Waals surface area contributed by atoms with E-state index in [1.54, 1.807) is 13.0 Å². The van der Waals surface area contributed by atoms with Crippen LogP contribution in [0.2, 0.25) is 0 Å². The molecule has 7 heteroatoms. The van der Waals surface area contributed by atoms with Crippen molar-refractivity contribution in [1.82, 2.24) is 0 Å². The number of thiophene rings is 2. The molecule has 0 aliphatic heterocycles. The molecular formula is C26H18F4OS2. The minimum absolute atomic E-state index is 0.189. The van der Waals surface area contributed by atoms with E-state index in [9.17, 15) is 22.4 Å². The van der Waals surface area contributed by atoms with Gasteiger partial charge in [0, 0.05) is 19.8 Å². The van der Waals surface area contributed by atoms with Crippen LogP contribution in [0.4, 0.5) is 17.6 Å². The van der Waals surface area contributed by atoms with Crippen molar-refractivity contribution in [3.63, 3.8) is 0 Å². The summed E-state index contributed by atoms with van der Waals surface area (Å²) in [7, 11) is 0. The first kappa shape index (κ1) is 23.2. The van der Waals surface area contributed by atoms with E-state index >= 15 is 0 Å². The van der Waals surface area contributed by atoms with Crippen molar-refractivity contribution in [3.8, 4) is 22.3 Å². The third kappa shape index (κ3) is 4.46. The number of aldehydes is 1. The van der Waals surface area contributed by atoms with Gasteiger partial charge in [-0.3, -0.25) is 4.79 Å². The number of aryl methyl sites for hydroxylation is 1. The van der Waals surface area contributed by atoms with Crippen LogP contribution >= 0.6 is 22.7 Å². The maximum Gasteiger partial charge on any atom is 0.155 e. The number of hydrogen-bond acceptors (Lipinski definition) is 3. The van der Waals surface area contributed by atoms with E-state index in [0.717, 1.165) is 15.8 Å². The van der Waals surface area contributed by atoms with Crippen molar-refractivity contribution < 1.29 is 22.4 Å². The predicted octanol–water partition coefficient (Wildman–Crippen LogP) is 7.91. The maximum absolute atomic E-state index is 14.6. The molecule has 0 unspecified atom stereocenters. The lowest BCUT2D eigenvalue weighted by Crippen LogP contribution is -2.01. The van der Waals surface area contributed by atoms with Crippen molar-refractivity contribution >= 4 is 38.4 Å². The second-order valence-electron chi connectivity index (χ2n) is 7.47. The summed E-state index contributed by atoms with van der Waals surface area (Å²) in [5.41, 5.74) is 0.470. The summed E-state index contributed by atoms with van der Waals surface area (Å²) in [5, 5.41) is 0. The molecule has 0 aliphatic rings. The van der Waals surface area contributed by atoms with E-state index in [0.29, 0.717) is 33.7 Å². The molecule has 4 rings (SSSR count). The molecule has 2 heterocycles. The molecule has 2 aromatic heterocycles. The molecule has 4 aromatic rings. The Bertz CT molecular complexity index is 1380. The highest BCUT2D eigenvalue weighted by Crippen LogP contribution is 2.40. The summed E-state index contributed by atoms with van der Waals surface area (Å²) in [4.78, 5) is 12.3. The average molecular weight is 487 g/mol. The first-order valence-electron chi connectivity index (χ1n) is 10.4. The van der Waals surface area contributed by atoms with Crippen LogP contribution < -0.4 is 0 Å². The summed E-state index contributed by atoms with van der Waals surface area (Å²) in [6, 6.07) is 7.42. The number of halogens is 4. The van der Waals surface area contributed by atoms with Crippen LogP contribution in [0.15, 0.2) is 30.3 Å². The van der Waals surface area contributed by atoms with E-state index < -0.39 is 28.8 Å². The molecule has 0 spiro atoms. The van der Waals surface area contributed by atoms with Gasteiger partial charge in [0.05, 0.1) is 16.0 Å². The van der Waals surface area contributed by atoms with Gasteiger partial charge in [-0.15, -0.1) is 22.7 Å². The summed E-state index contributed by atoms with van der Waals surface area (Å²) >= 11 is 2.67. The highest BCUT2D eigenvalue weighted by molar-refractivity contribution is 7.29. The van der Waals surface area contributed by atoms with Crippen LogP contribution in [-0.4, -0.2) is 6.29 Å². The van der Waals surface area contributed by atoms with Gasteiger partial charge >= 0.3 is 0 Å². The Morgan fingerprint density at radius 3 is 2.18 bits per heavy atom. The highest BCUT2D eigenvalue weighted by atomic mass is 32.1.